The number of para-hydroxylation sites is 2. The first-order chi connectivity index (χ1) is 14.1. The fourth-order valence-corrected chi connectivity index (χ4v) is 3.97. The van der Waals surface area contributed by atoms with Crippen LogP contribution < -0.4 is 0 Å². The summed E-state index contributed by atoms with van der Waals surface area (Å²) in [4.78, 5) is 9.62. The van der Waals surface area contributed by atoms with Crippen molar-refractivity contribution in [3.8, 4) is 28.2 Å². The smallest absolute Gasteiger partial charge is 0.146 e. The number of hydrogen-bond acceptors (Lipinski definition) is 2. The van der Waals surface area contributed by atoms with E-state index in [9.17, 15) is 0 Å². The van der Waals surface area contributed by atoms with Crippen LogP contribution in [-0.4, -0.2) is 19.1 Å². The van der Waals surface area contributed by atoms with Crippen LogP contribution in [0.4, 0.5) is 0 Å². The number of imidazole rings is 2. The van der Waals surface area contributed by atoms with Crippen LogP contribution >= 0.6 is 0 Å². The van der Waals surface area contributed by atoms with E-state index in [1.165, 1.54) is 11.1 Å². The van der Waals surface area contributed by atoms with Crippen molar-refractivity contribution < 1.29 is 0 Å². The molecule has 0 spiro atoms. The molecule has 0 unspecified atom stereocenters. The van der Waals surface area contributed by atoms with Gasteiger partial charge in [-0.15, -0.1) is 0 Å². The topological polar surface area (TPSA) is 35.6 Å². The van der Waals surface area contributed by atoms with Crippen LogP contribution in [0.15, 0.2) is 79.0 Å². The third kappa shape index (κ3) is 2.76. The minimum absolute atomic E-state index is 0.912. The molecule has 0 saturated carbocycles. The van der Waals surface area contributed by atoms with E-state index < -0.39 is 0 Å². The normalized spacial score (nSPS) is 11.3. The first-order valence-corrected chi connectivity index (χ1v) is 9.76. The van der Waals surface area contributed by atoms with Crippen LogP contribution in [-0.2, 0) is 7.05 Å². The summed E-state index contributed by atoms with van der Waals surface area (Å²) in [5.74, 6) is 1.90. The van der Waals surface area contributed by atoms with Crippen molar-refractivity contribution in [1.82, 2.24) is 19.1 Å². The summed E-state index contributed by atoms with van der Waals surface area (Å²) in [5, 5.41) is 0. The van der Waals surface area contributed by atoms with Crippen molar-refractivity contribution in [2.24, 2.45) is 7.05 Å². The number of nitrogens with zero attached hydrogens (tertiary/aromatic N) is 4. The zero-order valence-corrected chi connectivity index (χ0v) is 16.8. The molecule has 0 amide bonds. The Bertz CT molecular complexity index is 1330. The molecule has 0 fully saturated rings. The van der Waals surface area contributed by atoms with Gasteiger partial charge in [-0.1, -0.05) is 54.6 Å². The van der Waals surface area contributed by atoms with Gasteiger partial charge in [0.15, 0.2) is 0 Å². The highest BCUT2D eigenvalue weighted by Gasteiger charge is 2.18. The minimum atomic E-state index is 0.912. The summed E-state index contributed by atoms with van der Waals surface area (Å²) in [6.45, 7) is 4.13. The molecule has 0 atom stereocenters. The Morgan fingerprint density at radius 1 is 0.759 bits per heavy atom. The second kappa shape index (κ2) is 6.74. The van der Waals surface area contributed by atoms with E-state index in [0.29, 0.717) is 0 Å². The van der Waals surface area contributed by atoms with E-state index in [2.05, 4.69) is 89.8 Å². The molecule has 0 bridgehead atoms. The lowest BCUT2D eigenvalue weighted by atomic mass is 10.0. The first-order valence-electron chi connectivity index (χ1n) is 9.76. The van der Waals surface area contributed by atoms with Crippen LogP contribution in [0.2, 0.25) is 0 Å². The van der Waals surface area contributed by atoms with Gasteiger partial charge in [-0.25, -0.2) is 9.97 Å². The Hall–Kier alpha value is -3.66. The summed E-state index contributed by atoms with van der Waals surface area (Å²) < 4.78 is 4.36. The van der Waals surface area contributed by atoms with Crippen LogP contribution in [0.25, 0.3) is 39.2 Å². The average molecular weight is 378 g/mol. The Morgan fingerprint density at radius 2 is 1.48 bits per heavy atom. The Morgan fingerprint density at radius 3 is 2.31 bits per heavy atom. The molecule has 29 heavy (non-hydrogen) atoms. The maximum atomic E-state index is 4.82. The Kier molecular flexibility index (Phi) is 4.06. The quantitative estimate of drug-likeness (QED) is 0.403. The molecular weight excluding hydrogens is 356 g/mol. The molecule has 142 valence electrons. The second-order valence-corrected chi connectivity index (χ2v) is 7.33. The summed E-state index contributed by atoms with van der Waals surface area (Å²) in [7, 11) is 2.05. The van der Waals surface area contributed by atoms with E-state index in [-0.39, 0.29) is 0 Å². The Balaban J connectivity index is 1.78. The van der Waals surface area contributed by atoms with E-state index in [0.717, 1.165) is 39.6 Å². The van der Waals surface area contributed by atoms with Crippen molar-refractivity contribution in [1.29, 1.82) is 0 Å². The van der Waals surface area contributed by atoms with Crippen LogP contribution in [0.5, 0.6) is 0 Å². The van der Waals surface area contributed by atoms with E-state index in [4.69, 9.17) is 9.97 Å². The summed E-state index contributed by atoms with van der Waals surface area (Å²) in [6, 6.07) is 25.3. The standard InChI is InChI=1S/C25H22N4/c1-17-16-26-25(21-13-9-15-23-24(21)27-18(2)28(23)3)29(17)22-14-8-7-12-20(22)19-10-5-4-6-11-19/h4-16H,1-3H3. The van der Waals surface area contributed by atoms with Gasteiger partial charge in [-0.05, 0) is 37.6 Å². The number of aryl methyl sites for hydroxylation is 3. The largest absolute Gasteiger partial charge is 0.331 e. The number of benzene rings is 3. The lowest BCUT2D eigenvalue weighted by Gasteiger charge is -2.15. The third-order valence-electron chi connectivity index (χ3n) is 5.54. The third-order valence-corrected chi connectivity index (χ3v) is 5.54. The van der Waals surface area contributed by atoms with E-state index in [1.54, 1.807) is 0 Å². The predicted octanol–water partition coefficient (Wildman–Crippen LogP) is 5.71. The van der Waals surface area contributed by atoms with Gasteiger partial charge in [0, 0.05) is 30.1 Å². The average Bonchev–Trinajstić information content (AvgIpc) is 3.28. The monoisotopic (exact) mass is 378 g/mol. The van der Waals surface area contributed by atoms with Crippen molar-refractivity contribution in [3.05, 3.63) is 90.5 Å². The van der Waals surface area contributed by atoms with Gasteiger partial charge in [0.05, 0.1) is 16.7 Å². The highest BCUT2D eigenvalue weighted by Crippen LogP contribution is 2.34. The van der Waals surface area contributed by atoms with Crippen LogP contribution in [0.3, 0.4) is 0 Å². The fourth-order valence-electron chi connectivity index (χ4n) is 3.97. The molecular formula is C25H22N4. The molecule has 4 heteroatoms. The maximum absolute atomic E-state index is 4.82. The lowest BCUT2D eigenvalue weighted by Crippen LogP contribution is -2.02. The van der Waals surface area contributed by atoms with Gasteiger partial charge in [0.2, 0.25) is 0 Å². The van der Waals surface area contributed by atoms with E-state index >= 15 is 0 Å². The van der Waals surface area contributed by atoms with Gasteiger partial charge in [0.1, 0.15) is 11.6 Å². The first kappa shape index (κ1) is 17.4. The highest BCUT2D eigenvalue weighted by molar-refractivity contribution is 5.91. The second-order valence-electron chi connectivity index (χ2n) is 7.33. The lowest BCUT2D eigenvalue weighted by molar-refractivity contribution is 0.886. The minimum Gasteiger partial charge on any atom is -0.331 e. The molecule has 0 radical (unpaired) electrons. The zero-order valence-electron chi connectivity index (χ0n) is 16.8. The number of rotatable bonds is 3. The summed E-state index contributed by atoms with van der Waals surface area (Å²) in [5.41, 5.74) is 7.72. The molecule has 0 aliphatic rings. The van der Waals surface area contributed by atoms with Crippen molar-refractivity contribution in [3.63, 3.8) is 0 Å². The Labute approximate surface area is 170 Å². The molecule has 0 aliphatic carbocycles. The molecule has 2 aromatic heterocycles. The summed E-state index contributed by atoms with van der Waals surface area (Å²) >= 11 is 0. The van der Waals surface area contributed by atoms with Gasteiger partial charge in [-0.3, -0.25) is 4.57 Å². The van der Waals surface area contributed by atoms with Gasteiger partial charge in [-0.2, -0.15) is 0 Å². The molecule has 3 aromatic carbocycles. The highest BCUT2D eigenvalue weighted by atomic mass is 15.1. The number of aromatic nitrogens is 4. The summed E-state index contributed by atoms with van der Waals surface area (Å²) in [6.07, 6.45) is 1.94. The van der Waals surface area contributed by atoms with Crippen molar-refractivity contribution in [2.45, 2.75) is 13.8 Å². The molecule has 2 heterocycles. The van der Waals surface area contributed by atoms with Crippen LogP contribution in [0.1, 0.15) is 11.5 Å². The van der Waals surface area contributed by atoms with Gasteiger partial charge >= 0.3 is 0 Å². The number of hydrogen-bond donors (Lipinski definition) is 0. The van der Waals surface area contributed by atoms with Gasteiger partial charge in [0.25, 0.3) is 0 Å². The fraction of sp³-hybridized carbons (Fsp3) is 0.120. The zero-order chi connectivity index (χ0) is 20.0. The van der Waals surface area contributed by atoms with Crippen molar-refractivity contribution >= 4 is 11.0 Å². The molecule has 0 saturated heterocycles. The SMILES string of the molecule is Cc1cnc(-c2cccc3c2nc(C)n3C)n1-c1ccccc1-c1ccccc1. The molecule has 0 aliphatic heterocycles. The van der Waals surface area contributed by atoms with Crippen LogP contribution in [0, 0.1) is 13.8 Å². The molecule has 5 aromatic rings. The van der Waals surface area contributed by atoms with E-state index in [1.807, 2.05) is 19.2 Å². The van der Waals surface area contributed by atoms with Crippen molar-refractivity contribution in [2.75, 3.05) is 0 Å². The molecule has 4 nitrogen and oxygen atoms in total. The van der Waals surface area contributed by atoms with Gasteiger partial charge < -0.3 is 4.57 Å². The number of fused-ring (bicyclic) bond motifs is 1. The predicted molar refractivity (Wildman–Crippen MR) is 118 cm³/mol. The maximum Gasteiger partial charge on any atom is 0.146 e. The molecule has 5 rings (SSSR count). The molecule has 0 N–H and O–H groups in total.